The van der Waals surface area contributed by atoms with Gasteiger partial charge in [-0.1, -0.05) is 25.8 Å². The summed E-state index contributed by atoms with van der Waals surface area (Å²) in [5, 5.41) is 4.22. The number of aromatic nitrogens is 2. The lowest BCUT2D eigenvalue weighted by atomic mass is 10.1. The van der Waals surface area contributed by atoms with Gasteiger partial charge in [0.2, 0.25) is 0 Å². The summed E-state index contributed by atoms with van der Waals surface area (Å²) in [6, 6.07) is 6.11. The predicted octanol–water partition coefficient (Wildman–Crippen LogP) is 3.47. The van der Waals surface area contributed by atoms with Gasteiger partial charge in [-0.2, -0.15) is 0 Å². The second-order valence-corrected chi connectivity index (χ2v) is 6.21. The number of nitrogens with zero attached hydrogens (tertiary/aromatic N) is 3. The smallest absolute Gasteiger partial charge is 0.256 e. The first-order valence-corrected chi connectivity index (χ1v) is 8.47. The summed E-state index contributed by atoms with van der Waals surface area (Å²) in [5.74, 6) is 0.859. The van der Waals surface area contributed by atoms with Crippen LogP contribution in [0.15, 0.2) is 24.5 Å². The molecule has 1 N–H and O–H groups in total. The quantitative estimate of drug-likeness (QED) is 0.918. The van der Waals surface area contributed by atoms with Gasteiger partial charge in [-0.05, 0) is 31.4 Å². The molecule has 1 amide bonds. The number of benzene rings is 1. The Morgan fingerprint density at radius 3 is 2.83 bits per heavy atom. The van der Waals surface area contributed by atoms with E-state index in [0.29, 0.717) is 11.6 Å². The molecular weight excluding hydrogens is 288 g/mol. The maximum absolute atomic E-state index is 12.9. The van der Waals surface area contributed by atoms with Crippen LogP contribution in [0.3, 0.4) is 0 Å². The molecule has 0 saturated heterocycles. The number of carbonyl (C=O) groups is 1. The first kappa shape index (κ1) is 15.7. The zero-order chi connectivity index (χ0) is 16.2. The Bertz CT molecular complexity index is 694. The number of hydrogen-bond donors (Lipinski definition) is 1. The zero-order valence-electron chi connectivity index (χ0n) is 13.9. The molecule has 5 nitrogen and oxygen atoms in total. The minimum absolute atomic E-state index is 0.0580. The molecule has 0 atom stereocenters. The van der Waals surface area contributed by atoms with Crippen LogP contribution in [0.25, 0.3) is 10.9 Å². The molecule has 2 aromatic rings. The number of hydrogen-bond acceptors (Lipinski definition) is 4. The van der Waals surface area contributed by atoms with E-state index < -0.39 is 0 Å². The SMILES string of the molecule is CCCNc1ncnc2c(C(=O)N(C)C3CCCC3)cccc12. The van der Waals surface area contributed by atoms with Crippen molar-refractivity contribution >= 4 is 22.6 Å². The lowest BCUT2D eigenvalue weighted by Gasteiger charge is -2.24. The fourth-order valence-electron chi connectivity index (χ4n) is 3.29. The molecule has 3 rings (SSSR count). The summed E-state index contributed by atoms with van der Waals surface area (Å²) >= 11 is 0. The van der Waals surface area contributed by atoms with Crippen molar-refractivity contribution in [3.05, 3.63) is 30.1 Å². The summed E-state index contributed by atoms with van der Waals surface area (Å²) in [7, 11) is 1.91. The highest BCUT2D eigenvalue weighted by molar-refractivity contribution is 6.07. The lowest BCUT2D eigenvalue weighted by Crippen LogP contribution is -2.35. The minimum Gasteiger partial charge on any atom is -0.369 e. The Labute approximate surface area is 137 Å². The number of carbonyl (C=O) groups excluding carboxylic acids is 1. The van der Waals surface area contributed by atoms with Crippen molar-refractivity contribution in [1.82, 2.24) is 14.9 Å². The van der Waals surface area contributed by atoms with Crippen LogP contribution >= 0.6 is 0 Å². The van der Waals surface area contributed by atoms with Gasteiger partial charge in [-0.3, -0.25) is 4.79 Å². The number of amides is 1. The highest BCUT2D eigenvalue weighted by atomic mass is 16.2. The van der Waals surface area contributed by atoms with Gasteiger partial charge in [0.05, 0.1) is 11.1 Å². The molecule has 23 heavy (non-hydrogen) atoms. The molecule has 0 bridgehead atoms. The van der Waals surface area contributed by atoms with Gasteiger partial charge in [0.25, 0.3) is 5.91 Å². The van der Waals surface area contributed by atoms with Gasteiger partial charge in [-0.15, -0.1) is 0 Å². The van der Waals surface area contributed by atoms with Crippen molar-refractivity contribution in [1.29, 1.82) is 0 Å². The van der Waals surface area contributed by atoms with Crippen molar-refractivity contribution in [3.63, 3.8) is 0 Å². The van der Waals surface area contributed by atoms with E-state index in [-0.39, 0.29) is 5.91 Å². The van der Waals surface area contributed by atoms with E-state index in [1.54, 1.807) is 0 Å². The molecular formula is C18H24N4O. The van der Waals surface area contributed by atoms with Crippen molar-refractivity contribution in [3.8, 4) is 0 Å². The number of para-hydroxylation sites is 1. The molecule has 1 fully saturated rings. The van der Waals surface area contributed by atoms with E-state index in [9.17, 15) is 4.79 Å². The third-order valence-electron chi connectivity index (χ3n) is 4.63. The average molecular weight is 312 g/mol. The van der Waals surface area contributed by atoms with Crippen LogP contribution in [-0.4, -0.2) is 40.4 Å². The molecule has 1 aromatic carbocycles. The minimum atomic E-state index is 0.0580. The van der Waals surface area contributed by atoms with Crippen LogP contribution in [0, 0.1) is 0 Å². The Balaban J connectivity index is 1.95. The number of nitrogens with one attached hydrogen (secondary N) is 1. The molecule has 0 radical (unpaired) electrons. The van der Waals surface area contributed by atoms with Crippen molar-refractivity contribution in [2.75, 3.05) is 18.9 Å². The largest absolute Gasteiger partial charge is 0.369 e. The van der Waals surface area contributed by atoms with Gasteiger partial charge in [0.15, 0.2) is 0 Å². The second-order valence-electron chi connectivity index (χ2n) is 6.21. The molecule has 1 aliphatic rings. The average Bonchev–Trinajstić information content (AvgIpc) is 3.12. The van der Waals surface area contributed by atoms with Crippen molar-refractivity contribution in [2.45, 2.75) is 45.1 Å². The van der Waals surface area contributed by atoms with E-state index in [1.807, 2.05) is 30.1 Å². The van der Waals surface area contributed by atoms with Gasteiger partial charge in [0, 0.05) is 25.0 Å². The number of fused-ring (bicyclic) bond motifs is 1. The van der Waals surface area contributed by atoms with Crippen LogP contribution in [-0.2, 0) is 0 Å². The van der Waals surface area contributed by atoms with E-state index in [4.69, 9.17) is 0 Å². The summed E-state index contributed by atoms with van der Waals surface area (Å²) in [5.41, 5.74) is 1.40. The zero-order valence-corrected chi connectivity index (χ0v) is 13.9. The Morgan fingerprint density at radius 1 is 1.30 bits per heavy atom. The topological polar surface area (TPSA) is 58.1 Å². The molecule has 122 valence electrons. The molecule has 0 aliphatic heterocycles. The first-order chi connectivity index (χ1) is 11.2. The standard InChI is InChI=1S/C18H24N4O/c1-3-11-19-17-14-9-6-10-15(16(14)20-12-21-17)18(23)22(2)13-7-4-5-8-13/h6,9-10,12-13H,3-5,7-8,11H2,1-2H3,(H,19,20,21). The molecule has 5 heteroatoms. The predicted molar refractivity (Wildman–Crippen MR) is 92.7 cm³/mol. The van der Waals surface area contributed by atoms with Crippen LogP contribution in [0.4, 0.5) is 5.82 Å². The van der Waals surface area contributed by atoms with E-state index in [2.05, 4.69) is 22.2 Å². The molecule has 1 aliphatic carbocycles. The Hall–Kier alpha value is -2.17. The van der Waals surface area contributed by atoms with Crippen LogP contribution in [0.5, 0.6) is 0 Å². The fourth-order valence-corrected chi connectivity index (χ4v) is 3.29. The summed E-state index contributed by atoms with van der Waals surface area (Å²) in [6.07, 6.45) is 7.19. The van der Waals surface area contributed by atoms with Gasteiger partial charge >= 0.3 is 0 Å². The Morgan fingerprint density at radius 2 is 2.09 bits per heavy atom. The molecule has 0 spiro atoms. The number of anilines is 1. The fraction of sp³-hybridized carbons (Fsp3) is 0.500. The maximum atomic E-state index is 12.9. The van der Waals surface area contributed by atoms with Crippen molar-refractivity contribution < 1.29 is 4.79 Å². The highest BCUT2D eigenvalue weighted by Gasteiger charge is 2.25. The van der Waals surface area contributed by atoms with Crippen LogP contribution in [0.2, 0.25) is 0 Å². The van der Waals surface area contributed by atoms with E-state index in [1.165, 1.54) is 19.2 Å². The summed E-state index contributed by atoms with van der Waals surface area (Å²) in [6.45, 7) is 2.97. The third-order valence-corrected chi connectivity index (χ3v) is 4.63. The normalized spacial score (nSPS) is 15.0. The molecule has 1 saturated carbocycles. The highest BCUT2D eigenvalue weighted by Crippen LogP contribution is 2.27. The maximum Gasteiger partial charge on any atom is 0.256 e. The van der Waals surface area contributed by atoms with Gasteiger partial charge in [-0.25, -0.2) is 9.97 Å². The first-order valence-electron chi connectivity index (χ1n) is 8.47. The van der Waals surface area contributed by atoms with Crippen LogP contribution < -0.4 is 5.32 Å². The monoisotopic (exact) mass is 312 g/mol. The molecule has 1 aromatic heterocycles. The summed E-state index contributed by atoms with van der Waals surface area (Å²) in [4.78, 5) is 23.5. The Kier molecular flexibility index (Phi) is 4.74. The van der Waals surface area contributed by atoms with Gasteiger partial charge < -0.3 is 10.2 Å². The van der Waals surface area contributed by atoms with Gasteiger partial charge in [0.1, 0.15) is 12.1 Å². The molecule has 0 unspecified atom stereocenters. The third kappa shape index (κ3) is 3.14. The van der Waals surface area contributed by atoms with E-state index >= 15 is 0 Å². The van der Waals surface area contributed by atoms with E-state index in [0.717, 1.165) is 42.5 Å². The summed E-state index contributed by atoms with van der Waals surface area (Å²) < 4.78 is 0. The van der Waals surface area contributed by atoms with Crippen LogP contribution in [0.1, 0.15) is 49.4 Å². The second kappa shape index (κ2) is 6.94. The number of rotatable bonds is 5. The molecule has 1 heterocycles. The lowest BCUT2D eigenvalue weighted by molar-refractivity contribution is 0.0737. The van der Waals surface area contributed by atoms with Crippen molar-refractivity contribution in [2.24, 2.45) is 0 Å².